The predicted molar refractivity (Wildman–Crippen MR) is 78.7 cm³/mol. The molecule has 2 saturated heterocycles. The number of piperidine rings is 2. The first-order chi connectivity index (χ1) is 9.54. The molecule has 3 rings (SSSR count). The number of amides is 1. The van der Waals surface area contributed by atoms with E-state index in [1.165, 1.54) is 45.9 Å². The van der Waals surface area contributed by atoms with Crippen LogP contribution >= 0.6 is 0 Å². The number of methoxy groups -OCH3 is 1. The Morgan fingerprint density at radius 3 is 2.05 bits per heavy atom. The smallest absolute Gasteiger partial charge is 0.409 e. The minimum Gasteiger partial charge on any atom is -0.453 e. The molecule has 1 aliphatic carbocycles. The van der Waals surface area contributed by atoms with Gasteiger partial charge in [-0.3, -0.25) is 0 Å². The highest BCUT2D eigenvalue weighted by atomic mass is 16.5. The summed E-state index contributed by atoms with van der Waals surface area (Å²) >= 11 is 0. The van der Waals surface area contributed by atoms with Gasteiger partial charge in [0.15, 0.2) is 0 Å². The van der Waals surface area contributed by atoms with Crippen molar-refractivity contribution < 1.29 is 9.53 Å². The van der Waals surface area contributed by atoms with Gasteiger partial charge in [-0.1, -0.05) is 0 Å². The van der Waals surface area contributed by atoms with Gasteiger partial charge in [0.2, 0.25) is 0 Å². The van der Waals surface area contributed by atoms with Crippen LogP contribution in [0.3, 0.4) is 0 Å². The van der Waals surface area contributed by atoms with Gasteiger partial charge in [-0.15, -0.1) is 0 Å². The summed E-state index contributed by atoms with van der Waals surface area (Å²) in [7, 11) is 1.48. The third-order valence-electron chi connectivity index (χ3n) is 5.89. The molecule has 3 aliphatic rings. The average Bonchev–Trinajstić information content (AvgIpc) is 3.18. The van der Waals surface area contributed by atoms with Gasteiger partial charge in [0.25, 0.3) is 0 Å². The summed E-state index contributed by atoms with van der Waals surface area (Å²) in [6.07, 6.45) is 7.74. The molecule has 0 bridgehead atoms. The van der Waals surface area contributed by atoms with Crippen LogP contribution in [0.1, 0.15) is 52.4 Å². The Hall–Kier alpha value is -0.770. The van der Waals surface area contributed by atoms with E-state index in [1.54, 1.807) is 0 Å². The molecule has 0 aromatic carbocycles. The summed E-state index contributed by atoms with van der Waals surface area (Å²) in [6, 6.07) is 1.22. The fourth-order valence-corrected chi connectivity index (χ4v) is 4.35. The highest BCUT2D eigenvalue weighted by Crippen LogP contribution is 2.54. The molecule has 4 heteroatoms. The molecular formula is C16H28N2O2. The number of hydrogen-bond donors (Lipinski definition) is 0. The van der Waals surface area contributed by atoms with E-state index in [-0.39, 0.29) is 18.2 Å². The number of carbonyl (C=O) groups is 1. The van der Waals surface area contributed by atoms with Gasteiger partial charge in [0, 0.05) is 18.1 Å². The molecule has 20 heavy (non-hydrogen) atoms. The molecule has 114 valence electrons. The fraction of sp³-hybridized carbons (Fsp3) is 0.938. The number of ether oxygens (including phenoxy) is 1. The second-order valence-electron chi connectivity index (χ2n) is 7.24. The normalized spacial score (nSPS) is 37.0. The Kier molecular flexibility index (Phi) is 3.69. The number of nitrogens with zero attached hydrogens (tertiary/aromatic N) is 2. The molecule has 4 nitrogen and oxygen atoms in total. The molecule has 0 aromatic rings. The predicted octanol–water partition coefficient (Wildman–Crippen LogP) is 2.87. The number of hydrogen-bond acceptors (Lipinski definition) is 3. The van der Waals surface area contributed by atoms with Crippen molar-refractivity contribution in [2.24, 2.45) is 5.41 Å². The van der Waals surface area contributed by atoms with Crippen molar-refractivity contribution in [3.63, 3.8) is 0 Å². The molecular weight excluding hydrogens is 252 g/mol. The second-order valence-corrected chi connectivity index (χ2v) is 7.24. The average molecular weight is 280 g/mol. The largest absolute Gasteiger partial charge is 0.453 e. The van der Waals surface area contributed by atoms with Crippen LogP contribution in [0.5, 0.6) is 0 Å². The summed E-state index contributed by atoms with van der Waals surface area (Å²) in [6.45, 7) is 6.85. The van der Waals surface area contributed by atoms with E-state index in [4.69, 9.17) is 4.74 Å². The zero-order chi connectivity index (χ0) is 14.3. The van der Waals surface area contributed by atoms with Crippen LogP contribution in [0.25, 0.3) is 0 Å². The summed E-state index contributed by atoms with van der Waals surface area (Å²) < 4.78 is 4.92. The lowest BCUT2D eigenvalue weighted by atomic mass is 9.87. The molecule has 1 amide bonds. The maximum atomic E-state index is 11.9. The second kappa shape index (κ2) is 5.21. The molecule has 1 spiro atoms. The molecule has 0 N–H and O–H groups in total. The topological polar surface area (TPSA) is 32.8 Å². The van der Waals surface area contributed by atoms with Gasteiger partial charge < -0.3 is 14.5 Å². The SMILES string of the molecule is COC(=O)N1C(C)CC(N2CCC3(CC2)CC3)CC1C. The molecule has 2 heterocycles. The monoisotopic (exact) mass is 280 g/mol. The summed E-state index contributed by atoms with van der Waals surface area (Å²) in [5.41, 5.74) is 0.750. The van der Waals surface area contributed by atoms with E-state index in [0.717, 1.165) is 18.3 Å². The van der Waals surface area contributed by atoms with Gasteiger partial charge in [0.1, 0.15) is 0 Å². The van der Waals surface area contributed by atoms with E-state index in [2.05, 4.69) is 18.7 Å². The maximum Gasteiger partial charge on any atom is 0.409 e. The third kappa shape index (κ3) is 2.54. The van der Waals surface area contributed by atoms with Crippen LogP contribution in [-0.2, 0) is 4.74 Å². The Bertz CT molecular complexity index is 359. The summed E-state index contributed by atoms with van der Waals surface area (Å²) in [5.74, 6) is 0. The van der Waals surface area contributed by atoms with Gasteiger partial charge in [-0.2, -0.15) is 0 Å². The van der Waals surface area contributed by atoms with Crippen molar-refractivity contribution >= 4 is 6.09 Å². The van der Waals surface area contributed by atoms with Crippen LogP contribution in [-0.4, -0.2) is 54.2 Å². The molecule has 0 radical (unpaired) electrons. The lowest BCUT2D eigenvalue weighted by Gasteiger charge is -2.47. The number of rotatable bonds is 1. The van der Waals surface area contributed by atoms with Gasteiger partial charge >= 0.3 is 6.09 Å². The van der Waals surface area contributed by atoms with Crippen LogP contribution in [0.15, 0.2) is 0 Å². The third-order valence-corrected chi connectivity index (χ3v) is 5.89. The highest BCUT2D eigenvalue weighted by Gasteiger charge is 2.46. The van der Waals surface area contributed by atoms with Crippen LogP contribution in [0.4, 0.5) is 4.79 Å². The minimum atomic E-state index is -0.168. The van der Waals surface area contributed by atoms with Gasteiger partial charge in [-0.25, -0.2) is 4.79 Å². The molecule has 2 unspecified atom stereocenters. The fourth-order valence-electron chi connectivity index (χ4n) is 4.35. The van der Waals surface area contributed by atoms with E-state index >= 15 is 0 Å². The Morgan fingerprint density at radius 1 is 1.05 bits per heavy atom. The molecule has 3 fully saturated rings. The summed E-state index contributed by atoms with van der Waals surface area (Å²) in [4.78, 5) is 16.5. The van der Waals surface area contributed by atoms with Crippen LogP contribution < -0.4 is 0 Å². The lowest BCUT2D eigenvalue weighted by molar-refractivity contribution is 0.0180. The van der Waals surface area contributed by atoms with E-state index < -0.39 is 0 Å². The first kappa shape index (κ1) is 14.2. The lowest BCUT2D eigenvalue weighted by Crippen LogP contribution is -2.56. The van der Waals surface area contributed by atoms with Gasteiger partial charge in [0.05, 0.1) is 7.11 Å². The van der Waals surface area contributed by atoms with Gasteiger partial charge in [-0.05, 0) is 70.9 Å². The first-order valence-electron chi connectivity index (χ1n) is 8.15. The summed E-state index contributed by atoms with van der Waals surface area (Å²) in [5, 5.41) is 0. The number of likely N-dealkylation sites (tertiary alicyclic amines) is 2. The van der Waals surface area contributed by atoms with E-state index in [1.807, 2.05) is 4.90 Å². The minimum absolute atomic E-state index is 0.168. The Labute approximate surface area is 122 Å². The quantitative estimate of drug-likeness (QED) is 0.740. The van der Waals surface area contributed by atoms with Crippen molar-refractivity contribution in [2.75, 3.05) is 20.2 Å². The molecule has 0 aromatic heterocycles. The van der Waals surface area contributed by atoms with Crippen molar-refractivity contribution in [2.45, 2.75) is 70.5 Å². The van der Waals surface area contributed by atoms with E-state index in [9.17, 15) is 4.79 Å². The standard InChI is InChI=1S/C16H28N2O2/c1-12-10-14(11-13(2)18(12)15(19)20-3)17-8-6-16(4-5-16)7-9-17/h12-14H,4-11H2,1-3H3. The van der Waals surface area contributed by atoms with Crippen molar-refractivity contribution in [3.05, 3.63) is 0 Å². The Morgan fingerprint density at radius 2 is 1.60 bits per heavy atom. The van der Waals surface area contributed by atoms with Crippen LogP contribution in [0.2, 0.25) is 0 Å². The van der Waals surface area contributed by atoms with Crippen molar-refractivity contribution in [1.82, 2.24) is 9.80 Å². The molecule has 1 saturated carbocycles. The molecule has 2 aliphatic heterocycles. The zero-order valence-corrected chi connectivity index (χ0v) is 13.1. The highest BCUT2D eigenvalue weighted by molar-refractivity contribution is 5.68. The van der Waals surface area contributed by atoms with Crippen LogP contribution in [0, 0.1) is 5.41 Å². The zero-order valence-electron chi connectivity index (χ0n) is 13.1. The first-order valence-corrected chi connectivity index (χ1v) is 8.15. The van der Waals surface area contributed by atoms with E-state index in [0.29, 0.717) is 6.04 Å². The van der Waals surface area contributed by atoms with Crippen molar-refractivity contribution in [1.29, 1.82) is 0 Å². The maximum absolute atomic E-state index is 11.9. The molecule has 2 atom stereocenters. The Balaban J connectivity index is 1.59. The number of carbonyl (C=O) groups excluding carboxylic acids is 1. The van der Waals surface area contributed by atoms with Crippen molar-refractivity contribution in [3.8, 4) is 0 Å².